The van der Waals surface area contributed by atoms with Gasteiger partial charge in [0, 0.05) is 18.4 Å². The minimum atomic E-state index is -0.164. The first-order chi connectivity index (χ1) is 16.6. The molecule has 1 aliphatic carbocycles. The zero-order chi connectivity index (χ0) is 23.2. The van der Waals surface area contributed by atoms with Gasteiger partial charge in [-0.25, -0.2) is 4.98 Å². The van der Waals surface area contributed by atoms with Crippen LogP contribution in [-0.2, 0) is 6.54 Å². The lowest BCUT2D eigenvalue weighted by Crippen LogP contribution is -2.30. The third-order valence-corrected chi connectivity index (χ3v) is 7.23. The van der Waals surface area contributed by atoms with Crippen molar-refractivity contribution in [3.63, 3.8) is 0 Å². The van der Waals surface area contributed by atoms with Gasteiger partial charge in [-0.2, -0.15) is 0 Å². The molecule has 1 aromatic carbocycles. The van der Waals surface area contributed by atoms with Crippen molar-refractivity contribution in [3.8, 4) is 11.5 Å². The van der Waals surface area contributed by atoms with Crippen LogP contribution >= 0.6 is 0 Å². The van der Waals surface area contributed by atoms with Crippen LogP contribution < -0.4 is 20.6 Å². The quantitative estimate of drug-likeness (QED) is 0.429. The highest BCUT2D eigenvalue weighted by Crippen LogP contribution is 2.33. The molecule has 0 bridgehead atoms. The molecule has 1 saturated carbocycles. The number of fused-ring (bicyclic) bond motifs is 3. The molecular formula is C27H27N3O4. The number of ether oxygens (including phenoxy) is 2. The maximum Gasteiger partial charge on any atom is 0.260 e. The molecule has 4 heterocycles. The molecule has 174 valence electrons. The number of rotatable bonds is 3. The second-order valence-corrected chi connectivity index (χ2v) is 9.44. The van der Waals surface area contributed by atoms with Gasteiger partial charge in [0.15, 0.2) is 11.5 Å². The Bertz CT molecular complexity index is 1520. The van der Waals surface area contributed by atoms with Gasteiger partial charge in [-0.1, -0.05) is 25.8 Å². The van der Waals surface area contributed by atoms with E-state index in [1.807, 2.05) is 41.1 Å². The van der Waals surface area contributed by atoms with Crippen LogP contribution in [-0.4, -0.2) is 27.3 Å². The highest BCUT2D eigenvalue weighted by molar-refractivity contribution is 5.91. The maximum absolute atomic E-state index is 13.4. The molecule has 3 aromatic heterocycles. The third-order valence-electron chi connectivity index (χ3n) is 7.23. The second kappa shape index (κ2) is 8.31. The van der Waals surface area contributed by atoms with Crippen molar-refractivity contribution in [2.75, 3.05) is 13.2 Å². The van der Waals surface area contributed by atoms with Crippen LogP contribution in [0.25, 0.3) is 21.8 Å². The molecule has 1 fully saturated rings. The molecule has 0 N–H and O–H groups in total. The highest BCUT2D eigenvalue weighted by atomic mass is 16.6. The van der Waals surface area contributed by atoms with Crippen LogP contribution in [0.15, 0.2) is 58.4 Å². The first-order valence-corrected chi connectivity index (χ1v) is 12.0. The number of hydrogen-bond donors (Lipinski definition) is 0. The maximum atomic E-state index is 13.4. The van der Waals surface area contributed by atoms with Gasteiger partial charge in [0.25, 0.3) is 11.1 Å². The summed E-state index contributed by atoms with van der Waals surface area (Å²) in [5, 5.41) is 0.959. The number of pyridine rings is 3. The molecule has 6 rings (SSSR count). The lowest BCUT2D eigenvalue weighted by Gasteiger charge is -2.30. The first kappa shape index (κ1) is 21.0. The summed E-state index contributed by atoms with van der Waals surface area (Å²) in [4.78, 5) is 31.4. The molecule has 4 aromatic rings. The van der Waals surface area contributed by atoms with E-state index in [1.54, 1.807) is 16.8 Å². The lowest BCUT2D eigenvalue weighted by atomic mass is 9.85. The zero-order valence-electron chi connectivity index (χ0n) is 19.2. The SMILES string of the molecule is CC1CCCCC1n1ccc2nc3ccn(Cc4ccc5c(c4)OCCO5)c(=O)c3cc2c1=O. The number of benzene rings is 1. The Hall–Kier alpha value is -3.61. The van der Waals surface area contributed by atoms with E-state index in [2.05, 4.69) is 11.9 Å². The average Bonchev–Trinajstić information content (AvgIpc) is 2.86. The summed E-state index contributed by atoms with van der Waals surface area (Å²) < 4.78 is 14.8. The summed E-state index contributed by atoms with van der Waals surface area (Å²) in [6.45, 7) is 3.67. The third kappa shape index (κ3) is 3.56. The molecule has 2 atom stereocenters. The van der Waals surface area contributed by atoms with E-state index >= 15 is 0 Å². The van der Waals surface area contributed by atoms with E-state index in [9.17, 15) is 9.59 Å². The van der Waals surface area contributed by atoms with Gasteiger partial charge in [0.1, 0.15) is 13.2 Å². The predicted octanol–water partition coefficient (Wildman–Crippen LogP) is 4.28. The van der Waals surface area contributed by atoms with Gasteiger partial charge in [0.2, 0.25) is 0 Å². The smallest absolute Gasteiger partial charge is 0.260 e. The van der Waals surface area contributed by atoms with E-state index in [0.717, 1.165) is 30.6 Å². The molecule has 0 radical (unpaired) electrons. The Kier molecular flexibility index (Phi) is 5.12. The Morgan fingerprint density at radius 3 is 2.44 bits per heavy atom. The fourth-order valence-electron chi connectivity index (χ4n) is 5.36. The molecular weight excluding hydrogens is 430 g/mol. The minimum Gasteiger partial charge on any atom is -0.486 e. The molecule has 7 heteroatoms. The lowest BCUT2D eigenvalue weighted by molar-refractivity contribution is 0.171. The zero-order valence-corrected chi connectivity index (χ0v) is 19.2. The van der Waals surface area contributed by atoms with Gasteiger partial charge in [0.05, 0.1) is 28.4 Å². The van der Waals surface area contributed by atoms with Gasteiger partial charge in [-0.15, -0.1) is 0 Å². The predicted molar refractivity (Wildman–Crippen MR) is 131 cm³/mol. The van der Waals surface area contributed by atoms with Crippen molar-refractivity contribution in [1.29, 1.82) is 0 Å². The molecule has 2 aliphatic rings. The van der Waals surface area contributed by atoms with E-state index < -0.39 is 0 Å². The Morgan fingerprint density at radius 1 is 0.882 bits per heavy atom. The topological polar surface area (TPSA) is 75.3 Å². The van der Waals surface area contributed by atoms with Crippen molar-refractivity contribution in [1.82, 2.24) is 14.1 Å². The highest BCUT2D eigenvalue weighted by Gasteiger charge is 2.24. The first-order valence-electron chi connectivity index (χ1n) is 12.0. The average molecular weight is 458 g/mol. The van der Waals surface area contributed by atoms with Gasteiger partial charge in [-0.05, 0) is 54.7 Å². The summed E-state index contributed by atoms with van der Waals surface area (Å²) >= 11 is 0. The second-order valence-electron chi connectivity index (χ2n) is 9.44. The Morgan fingerprint density at radius 2 is 1.62 bits per heavy atom. The fraction of sp³-hybridized carbons (Fsp3) is 0.370. The van der Waals surface area contributed by atoms with Crippen LogP contribution in [0.5, 0.6) is 11.5 Å². The van der Waals surface area contributed by atoms with E-state index in [4.69, 9.17) is 9.47 Å². The summed E-state index contributed by atoms with van der Waals surface area (Å²) in [6, 6.07) is 11.4. The van der Waals surface area contributed by atoms with Gasteiger partial charge >= 0.3 is 0 Å². The van der Waals surface area contributed by atoms with Crippen LogP contribution in [0.2, 0.25) is 0 Å². The van der Waals surface area contributed by atoms with Crippen LogP contribution in [0.1, 0.15) is 44.2 Å². The summed E-state index contributed by atoms with van der Waals surface area (Å²) in [7, 11) is 0. The minimum absolute atomic E-state index is 0.0627. The molecule has 0 amide bonds. The Labute approximate surface area is 196 Å². The molecule has 34 heavy (non-hydrogen) atoms. The van der Waals surface area contributed by atoms with Crippen molar-refractivity contribution in [2.45, 2.75) is 45.2 Å². The monoisotopic (exact) mass is 457 g/mol. The molecule has 1 aliphatic heterocycles. The summed E-state index contributed by atoms with van der Waals surface area (Å²) in [6.07, 6.45) is 8.13. The summed E-state index contributed by atoms with van der Waals surface area (Å²) in [5.41, 5.74) is 1.93. The van der Waals surface area contributed by atoms with Crippen molar-refractivity contribution in [3.05, 3.63) is 75.1 Å². The van der Waals surface area contributed by atoms with Crippen molar-refractivity contribution >= 4 is 21.8 Å². The molecule has 2 unspecified atom stereocenters. The largest absolute Gasteiger partial charge is 0.486 e. The van der Waals surface area contributed by atoms with E-state index in [-0.39, 0.29) is 17.2 Å². The molecule has 0 saturated heterocycles. The van der Waals surface area contributed by atoms with Gasteiger partial charge in [-0.3, -0.25) is 9.59 Å². The van der Waals surface area contributed by atoms with E-state index in [0.29, 0.717) is 53.2 Å². The fourth-order valence-corrected chi connectivity index (χ4v) is 5.36. The van der Waals surface area contributed by atoms with Crippen molar-refractivity contribution in [2.24, 2.45) is 5.92 Å². The van der Waals surface area contributed by atoms with Gasteiger partial charge < -0.3 is 18.6 Å². The Balaban J connectivity index is 1.41. The number of aromatic nitrogens is 3. The number of nitrogens with zero attached hydrogens (tertiary/aromatic N) is 3. The van der Waals surface area contributed by atoms with Crippen molar-refractivity contribution < 1.29 is 9.47 Å². The number of hydrogen-bond acceptors (Lipinski definition) is 5. The standard InChI is InChI=1S/C27H27N3O4/c1-17-4-2-3-5-23(17)30-11-9-22-20(27(30)32)15-19-21(28-22)8-10-29(26(19)31)16-18-6-7-24-25(14-18)34-13-12-33-24/h6-11,14-15,17,23H,2-5,12-13,16H2,1H3. The molecule has 7 nitrogen and oxygen atoms in total. The molecule has 0 spiro atoms. The van der Waals surface area contributed by atoms with E-state index in [1.165, 1.54) is 6.42 Å². The van der Waals surface area contributed by atoms with Crippen LogP contribution in [0.4, 0.5) is 0 Å². The van der Waals surface area contributed by atoms with Crippen LogP contribution in [0, 0.1) is 5.92 Å². The summed E-state index contributed by atoms with van der Waals surface area (Å²) in [5.74, 6) is 1.88. The van der Waals surface area contributed by atoms with Crippen LogP contribution in [0.3, 0.4) is 0 Å². The normalized spacial score (nSPS) is 20.0.